The van der Waals surface area contributed by atoms with Crippen molar-refractivity contribution < 1.29 is 9.53 Å². The number of para-hydroxylation sites is 1. The third-order valence-electron chi connectivity index (χ3n) is 5.98. The van der Waals surface area contributed by atoms with Gasteiger partial charge in [-0.25, -0.2) is 9.50 Å². The van der Waals surface area contributed by atoms with Crippen LogP contribution in [0.15, 0.2) is 54.7 Å². The first-order valence-corrected chi connectivity index (χ1v) is 10.8. The van der Waals surface area contributed by atoms with Crippen LogP contribution >= 0.6 is 11.6 Å². The van der Waals surface area contributed by atoms with E-state index in [9.17, 15) is 4.79 Å². The fourth-order valence-corrected chi connectivity index (χ4v) is 4.59. The van der Waals surface area contributed by atoms with E-state index in [4.69, 9.17) is 26.4 Å². The molecule has 0 N–H and O–H groups in total. The molecule has 0 spiro atoms. The average molecular weight is 432 g/mol. The number of ketones is 1. The fraction of sp³-hybridized carbons (Fsp3) is 0.240. The van der Waals surface area contributed by atoms with Gasteiger partial charge in [-0.2, -0.15) is 5.10 Å². The molecule has 1 aliphatic carbocycles. The van der Waals surface area contributed by atoms with Gasteiger partial charge in [0.25, 0.3) is 0 Å². The van der Waals surface area contributed by atoms with Crippen LogP contribution in [0.5, 0.6) is 5.75 Å². The lowest BCUT2D eigenvalue weighted by molar-refractivity contribution is 0.0962. The number of hydrogen-bond acceptors (Lipinski definition) is 4. The highest BCUT2D eigenvalue weighted by atomic mass is 35.5. The summed E-state index contributed by atoms with van der Waals surface area (Å²) in [6.07, 6.45) is 3.73. The van der Waals surface area contributed by atoms with Gasteiger partial charge in [-0.05, 0) is 42.2 Å². The van der Waals surface area contributed by atoms with E-state index < -0.39 is 0 Å². The number of ether oxygens (including phenoxy) is 1. The molecule has 2 heterocycles. The van der Waals surface area contributed by atoms with Gasteiger partial charge in [-0.1, -0.05) is 48.9 Å². The smallest absolute Gasteiger partial charge is 0.166 e. The van der Waals surface area contributed by atoms with Crippen LogP contribution in [0.1, 0.15) is 46.6 Å². The van der Waals surface area contributed by atoms with Crippen molar-refractivity contribution in [2.24, 2.45) is 0 Å². The second-order valence-corrected chi connectivity index (χ2v) is 8.26. The summed E-state index contributed by atoms with van der Waals surface area (Å²) in [5.74, 6) is 0.941. The van der Waals surface area contributed by atoms with Gasteiger partial charge in [0.15, 0.2) is 11.4 Å². The van der Waals surface area contributed by atoms with Crippen LogP contribution < -0.4 is 4.74 Å². The maximum absolute atomic E-state index is 13.0. The normalized spacial score (nSPS) is 15.8. The van der Waals surface area contributed by atoms with Gasteiger partial charge in [-0.3, -0.25) is 4.79 Å². The molecule has 0 bridgehead atoms. The number of carbonyl (C=O) groups is 1. The van der Waals surface area contributed by atoms with E-state index in [1.165, 1.54) is 0 Å². The zero-order chi connectivity index (χ0) is 21.5. The van der Waals surface area contributed by atoms with E-state index in [2.05, 4.69) is 6.92 Å². The van der Waals surface area contributed by atoms with Crippen molar-refractivity contribution >= 4 is 23.0 Å². The first-order valence-electron chi connectivity index (χ1n) is 10.4. The van der Waals surface area contributed by atoms with Crippen molar-refractivity contribution in [3.05, 3.63) is 82.3 Å². The van der Waals surface area contributed by atoms with Crippen LogP contribution in [-0.4, -0.2) is 27.5 Å². The molecule has 6 heteroatoms. The van der Waals surface area contributed by atoms with Crippen molar-refractivity contribution in [1.29, 1.82) is 0 Å². The molecule has 5 nitrogen and oxygen atoms in total. The number of halogens is 1. The lowest BCUT2D eigenvalue weighted by Gasteiger charge is -2.24. The minimum atomic E-state index is 0.0404. The maximum atomic E-state index is 13.0. The Labute approximate surface area is 185 Å². The van der Waals surface area contributed by atoms with Crippen LogP contribution in [0.4, 0.5) is 0 Å². The molecule has 0 aliphatic heterocycles. The summed E-state index contributed by atoms with van der Waals surface area (Å²) < 4.78 is 7.29. The van der Waals surface area contributed by atoms with Gasteiger partial charge < -0.3 is 4.74 Å². The Morgan fingerprint density at radius 1 is 1.13 bits per heavy atom. The Morgan fingerprint density at radius 3 is 2.65 bits per heavy atom. The summed E-state index contributed by atoms with van der Waals surface area (Å²) in [4.78, 5) is 18.0. The highest BCUT2D eigenvalue weighted by Gasteiger charge is 2.30. The first-order chi connectivity index (χ1) is 15.1. The lowest BCUT2D eigenvalue weighted by atomic mass is 9.82. The number of rotatable bonds is 4. The molecule has 156 valence electrons. The monoisotopic (exact) mass is 431 g/mol. The minimum absolute atomic E-state index is 0.0404. The number of nitrogens with zero attached hydrogens (tertiary/aromatic N) is 3. The predicted octanol–water partition coefficient (Wildman–Crippen LogP) is 5.53. The van der Waals surface area contributed by atoms with Gasteiger partial charge >= 0.3 is 0 Å². The summed E-state index contributed by atoms with van der Waals surface area (Å²) in [6.45, 7) is 2.07. The van der Waals surface area contributed by atoms with Gasteiger partial charge in [-0.15, -0.1) is 0 Å². The van der Waals surface area contributed by atoms with E-state index in [0.29, 0.717) is 23.4 Å². The van der Waals surface area contributed by atoms with Crippen molar-refractivity contribution in [3.8, 4) is 16.9 Å². The molecule has 1 atom stereocenters. The Balaban J connectivity index is 1.65. The Hall–Kier alpha value is -3.18. The highest BCUT2D eigenvalue weighted by Crippen LogP contribution is 2.37. The molecule has 0 saturated heterocycles. The number of carbonyl (C=O) groups excluding carboxylic acids is 1. The molecule has 1 unspecified atom stereocenters. The Bertz CT molecular complexity index is 1290. The summed E-state index contributed by atoms with van der Waals surface area (Å²) in [6, 6.07) is 15.6. The van der Waals surface area contributed by atoms with E-state index in [-0.39, 0.29) is 11.7 Å². The molecule has 2 aromatic carbocycles. The van der Waals surface area contributed by atoms with Crippen molar-refractivity contribution in [2.75, 3.05) is 7.11 Å². The van der Waals surface area contributed by atoms with Crippen molar-refractivity contribution in [1.82, 2.24) is 14.6 Å². The molecular formula is C25H22ClN3O2. The zero-order valence-electron chi connectivity index (χ0n) is 17.4. The molecular weight excluding hydrogens is 410 g/mol. The second kappa shape index (κ2) is 7.82. The number of Topliss-reactive ketones (excluding diaryl/α,β-unsaturated/α-hetero) is 1. The molecule has 5 rings (SSSR count). The van der Waals surface area contributed by atoms with Gasteiger partial charge in [0.05, 0.1) is 24.1 Å². The summed E-state index contributed by atoms with van der Waals surface area (Å²) >= 11 is 6.09. The first kappa shape index (κ1) is 19.8. The molecule has 0 radical (unpaired) electrons. The molecule has 2 aromatic heterocycles. The van der Waals surface area contributed by atoms with E-state index in [1.54, 1.807) is 11.6 Å². The minimum Gasteiger partial charge on any atom is -0.496 e. The maximum Gasteiger partial charge on any atom is 0.166 e. The van der Waals surface area contributed by atoms with Crippen LogP contribution in [-0.2, 0) is 12.8 Å². The molecule has 31 heavy (non-hydrogen) atoms. The predicted molar refractivity (Wildman–Crippen MR) is 121 cm³/mol. The molecule has 4 aromatic rings. The quantitative estimate of drug-likeness (QED) is 0.426. The van der Waals surface area contributed by atoms with Crippen LogP contribution in [0.2, 0.25) is 5.02 Å². The van der Waals surface area contributed by atoms with E-state index in [0.717, 1.165) is 45.9 Å². The fourth-order valence-electron chi connectivity index (χ4n) is 4.46. The molecule has 0 amide bonds. The number of aromatic nitrogens is 3. The lowest BCUT2D eigenvalue weighted by Crippen LogP contribution is -2.21. The third kappa shape index (κ3) is 3.39. The van der Waals surface area contributed by atoms with Crippen LogP contribution in [0, 0.1) is 0 Å². The second-order valence-electron chi connectivity index (χ2n) is 7.82. The number of benzene rings is 2. The molecule has 0 fully saturated rings. The zero-order valence-corrected chi connectivity index (χ0v) is 18.2. The van der Waals surface area contributed by atoms with E-state index >= 15 is 0 Å². The number of fused-ring (bicyclic) bond motifs is 2. The van der Waals surface area contributed by atoms with Gasteiger partial charge in [0, 0.05) is 29.1 Å². The number of methoxy groups -OCH3 is 1. The number of aryl methyl sites for hydroxylation is 1. The van der Waals surface area contributed by atoms with E-state index in [1.807, 2.05) is 54.7 Å². The largest absolute Gasteiger partial charge is 0.496 e. The molecule has 0 saturated carbocycles. The summed E-state index contributed by atoms with van der Waals surface area (Å²) in [5.41, 5.74) is 6.26. The van der Waals surface area contributed by atoms with Gasteiger partial charge in [0.2, 0.25) is 0 Å². The van der Waals surface area contributed by atoms with Gasteiger partial charge in [0.1, 0.15) is 5.75 Å². The summed E-state index contributed by atoms with van der Waals surface area (Å²) in [7, 11) is 1.66. The van der Waals surface area contributed by atoms with Crippen molar-refractivity contribution in [2.45, 2.75) is 32.1 Å². The number of hydrogen-bond donors (Lipinski definition) is 0. The Kier molecular flexibility index (Phi) is 4.98. The van der Waals surface area contributed by atoms with Crippen molar-refractivity contribution in [3.63, 3.8) is 0 Å². The average Bonchev–Trinajstić information content (AvgIpc) is 3.16. The van der Waals surface area contributed by atoms with Crippen LogP contribution in [0.3, 0.4) is 0 Å². The standard InChI is InChI=1S/C25H22ClN3O2/c1-3-20-24(15-8-10-17(26)11-9-15)25-27-21-12-16(18-6-4-5-7-23(18)31-2)13-22(30)19(21)14-29(25)28-20/h4-11,14,16H,3,12-13H2,1-2H3. The Morgan fingerprint density at radius 2 is 1.90 bits per heavy atom. The molecule has 1 aliphatic rings. The topological polar surface area (TPSA) is 56.5 Å². The highest BCUT2D eigenvalue weighted by molar-refractivity contribution is 6.30. The third-order valence-corrected chi connectivity index (χ3v) is 6.23. The van der Waals surface area contributed by atoms with Crippen LogP contribution in [0.25, 0.3) is 16.8 Å². The summed E-state index contributed by atoms with van der Waals surface area (Å²) in [5, 5.41) is 5.41. The SMILES string of the molecule is CCc1nn2cc3c(nc2c1-c1ccc(Cl)cc1)CC(c1ccccc1OC)CC3=O.